The average molecular weight is 455 g/mol. The highest BCUT2D eigenvalue weighted by Crippen LogP contribution is 2.24. The fourth-order valence-electron chi connectivity index (χ4n) is 3.96. The van der Waals surface area contributed by atoms with Gasteiger partial charge in [-0.3, -0.25) is 9.20 Å². The quantitative estimate of drug-likeness (QED) is 0.367. The predicted molar refractivity (Wildman–Crippen MR) is 129 cm³/mol. The third-order valence-electron chi connectivity index (χ3n) is 5.71. The third kappa shape index (κ3) is 3.96. The van der Waals surface area contributed by atoms with Gasteiger partial charge in [0.05, 0.1) is 16.9 Å². The van der Waals surface area contributed by atoms with Gasteiger partial charge in [-0.05, 0) is 62.7 Å². The zero-order valence-corrected chi connectivity index (χ0v) is 19.1. The van der Waals surface area contributed by atoms with Crippen molar-refractivity contribution >= 4 is 5.65 Å². The molecule has 3 heterocycles. The van der Waals surface area contributed by atoms with Gasteiger partial charge in [0.25, 0.3) is 5.56 Å². The number of aryl methyl sites for hydroxylation is 3. The standard InChI is InChI=1S/C27H23FN4O2/c1-17-9-11-20(12-10-17)16-34-24-8-5-13-31-26(24)29-19(3)25(27(31)33)23-14-18(2)32(30-23)22-7-4-6-21(28)15-22/h4-15H,16H2,1-3H3. The van der Waals surface area contributed by atoms with Gasteiger partial charge >= 0.3 is 0 Å². The maximum absolute atomic E-state index is 13.7. The highest BCUT2D eigenvalue weighted by Gasteiger charge is 2.18. The van der Waals surface area contributed by atoms with Crippen molar-refractivity contribution in [2.45, 2.75) is 27.4 Å². The largest absolute Gasteiger partial charge is 0.485 e. The minimum Gasteiger partial charge on any atom is -0.485 e. The van der Waals surface area contributed by atoms with Gasteiger partial charge < -0.3 is 4.74 Å². The molecule has 7 heteroatoms. The fraction of sp³-hybridized carbons (Fsp3) is 0.148. The molecular formula is C27H23FN4O2. The first-order valence-corrected chi connectivity index (χ1v) is 10.9. The van der Waals surface area contributed by atoms with Crippen LogP contribution in [0.4, 0.5) is 4.39 Å². The highest BCUT2D eigenvalue weighted by atomic mass is 19.1. The van der Waals surface area contributed by atoms with Crippen LogP contribution in [0.15, 0.2) is 77.7 Å². The lowest BCUT2D eigenvalue weighted by atomic mass is 10.1. The molecular weight excluding hydrogens is 431 g/mol. The summed E-state index contributed by atoms with van der Waals surface area (Å²) < 4.78 is 22.8. The first-order chi connectivity index (χ1) is 16.4. The molecule has 6 nitrogen and oxygen atoms in total. The first kappa shape index (κ1) is 21.6. The molecule has 170 valence electrons. The molecule has 0 bridgehead atoms. The zero-order chi connectivity index (χ0) is 23.8. The van der Waals surface area contributed by atoms with Crippen molar-refractivity contribution in [3.63, 3.8) is 0 Å². The predicted octanol–water partition coefficient (Wildman–Crippen LogP) is 5.19. The van der Waals surface area contributed by atoms with Gasteiger partial charge in [-0.15, -0.1) is 0 Å². The molecule has 0 unspecified atom stereocenters. The Morgan fingerprint density at radius 2 is 1.76 bits per heavy atom. The van der Waals surface area contributed by atoms with Gasteiger partial charge in [0.15, 0.2) is 11.4 Å². The van der Waals surface area contributed by atoms with Crippen molar-refractivity contribution in [1.29, 1.82) is 0 Å². The van der Waals surface area contributed by atoms with Crippen molar-refractivity contribution in [3.8, 4) is 22.7 Å². The van der Waals surface area contributed by atoms with E-state index in [1.807, 2.05) is 38.1 Å². The van der Waals surface area contributed by atoms with Crippen LogP contribution in [0.5, 0.6) is 5.75 Å². The molecule has 0 atom stereocenters. The topological polar surface area (TPSA) is 61.4 Å². The van der Waals surface area contributed by atoms with Crippen molar-refractivity contribution in [3.05, 3.63) is 112 Å². The van der Waals surface area contributed by atoms with Crippen LogP contribution in [0.2, 0.25) is 0 Å². The van der Waals surface area contributed by atoms with Crippen LogP contribution < -0.4 is 10.3 Å². The van der Waals surface area contributed by atoms with Gasteiger partial charge in [-0.1, -0.05) is 35.9 Å². The van der Waals surface area contributed by atoms with E-state index in [-0.39, 0.29) is 11.4 Å². The van der Waals surface area contributed by atoms with Crippen LogP contribution in [0.25, 0.3) is 22.6 Å². The number of halogens is 1. The molecule has 2 aromatic carbocycles. The second-order valence-electron chi connectivity index (χ2n) is 8.28. The third-order valence-corrected chi connectivity index (χ3v) is 5.71. The SMILES string of the molecule is Cc1ccc(COc2cccn3c(=O)c(-c4cc(C)n(-c5cccc(F)c5)n4)c(C)nc23)cc1. The lowest BCUT2D eigenvalue weighted by Gasteiger charge is -2.12. The highest BCUT2D eigenvalue weighted by molar-refractivity contribution is 5.65. The number of pyridine rings is 1. The Morgan fingerprint density at radius 1 is 0.971 bits per heavy atom. The van der Waals surface area contributed by atoms with Gasteiger partial charge in [0.1, 0.15) is 18.1 Å². The van der Waals surface area contributed by atoms with E-state index in [9.17, 15) is 9.18 Å². The Balaban J connectivity index is 1.55. The number of rotatable bonds is 5. The van der Waals surface area contributed by atoms with E-state index in [0.29, 0.717) is 40.6 Å². The number of nitrogens with zero attached hydrogens (tertiary/aromatic N) is 4. The average Bonchev–Trinajstić information content (AvgIpc) is 3.20. The maximum Gasteiger partial charge on any atom is 0.267 e. The molecule has 0 fully saturated rings. The van der Waals surface area contributed by atoms with Crippen LogP contribution in [-0.4, -0.2) is 19.2 Å². The minimum absolute atomic E-state index is 0.243. The molecule has 0 saturated heterocycles. The second kappa shape index (κ2) is 8.59. The van der Waals surface area contributed by atoms with E-state index in [1.54, 1.807) is 48.1 Å². The number of benzene rings is 2. The molecule has 0 aliphatic carbocycles. The van der Waals surface area contributed by atoms with E-state index < -0.39 is 0 Å². The number of ether oxygens (including phenoxy) is 1. The summed E-state index contributed by atoms with van der Waals surface area (Å²) in [6.07, 6.45) is 1.67. The Hall–Kier alpha value is -4.26. The first-order valence-electron chi connectivity index (χ1n) is 10.9. The summed E-state index contributed by atoms with van der Waals surface area (Å²) in [6.45, 7) is 6.05. The fourth-order valence-corrected chi connectivity index (χ4v) is 3.96. The van der Waals surface area contributed by atoms with Gasteiger partial charge in [0.2, 0.25) is 0 Å². The normalized spacial score (nSPS) is 11.2. The number of aromatic nitrogens is 4. The van der Waals surface area contributed by atoms with Gasteiger partial charge in [-0.25, -0.2) is 14.1 Å². The summed E-state index contributed by atoms with van der Waals surface area (Å²) in [5.41, 5.74) is 5.20. The molecule has 5 rings (SSSR count). The molecule has 0 N–H and O–H groups in total. The van der Waals surface area contributed by atoms with Crippen molar-refractivity contribution in [2.75, 3.05) is 0 Å². The molecule has 0 amide bonds. The summed E-state index contributed by atoms with van der Waals surface area (Å²) in [5, 5.41) is 4.59. The molecule has 5 aromatic rings. The monoisotopic (exact) mass is 454 g/mol. The zero-order valence-electron chi connectivity index (χ0n) is 19.1. The molecule has 34 heavy (non-hydrogen) atoms. The van der Waals surface area contributed by atoms with E-state index in [0.717, 1.165) is 11.3 Å². The van der Waals surface area contributed by atoms with E-state index >= 15 is 0 Å². The summed E-state index contributed by atoms with van der Waals surface area (Å²) in [7, 11) is 0. The molecule has 0 aliphatic heterocycles. The Kier molecular flexibility index (Phi) is 5.45. The number of hydrogen-bond donors (Lipinski definition) is 0. The molecule has 0 aliphatic rings. The van der Waals surface area contributed by atoms with Gasteiger partial charge in [0, 0.05) is 11.9 Å². The lowest BCUT2D eigenvalue weighted by Crippen LogP contribution is -2.19. The molecule has 3 aromatic heterocycles. The van der Waals surface area contributed by atoms with Crippen molar-refractivity contribution in [1.82, 2.24) is 19.2 Å². The Bertz CT molecular complexity index is 1570. The molecule has 0 spiro atoms. The summed E-state index contributed by atoms with van der Waals surface area (Å²) in [4.78, 5) is 18.2. The van der Waals surface area contributed by atoms with Crippen molar-refractivity contribution in [2.24, 2.45) is 0 Å². The second-order valence-corrected chi connectivity index (χ2v) is 8.28. The van der Waals surface area contributed by atoms with Gasteiger partial charge in [-0.2, -0.15) is 5.10 Å². The van der Waals surface area contributed by atoms with E-state index in [4.69, 9.17) is 9.72 Å². The molecule has 0 radical (unpaired) electrons. The van der Waals surface area contributed by atoms with E-state index in [1.165, 1.54) is 22.1 Å². The summed E-state index contributed by atoms with van der Waals surface area (Å²) in [5.74, 6) is 0.173. The Morgan fingerprint density at radius 3 is 2.53 bits per heavy atom. The lowest BCUT2D eigenvalue weighted by molar-refractivity contribution is 0.308. The van der Waals surface area contributed by atoms with E-state index in [2.05, 4.69) is 5.10 Å². The van der Waals surface area contributed by atoms with Crippen LogP contribution in [-0.2, 0) is 6.61 Å². The van der Waals surface area contributed by atoms with Crippen LogP contribution >= 0.6 is 0 Å². The summed E-state index contributed by atoms with van der Waals surface area (Å²) in [6, 6.07) is 19.6. The van der Waals surface area contributed by atoms with Crippen LogP contribution in [0, 0.1) is 26.6 Å². The smallest absolute Gasteiger partial charge is 0.267 e. The maximum atomic E-state index is 13.7. The van der Waals surface area contributed by atoms with Crippen LogP contribution in [0.3, 0.4) is 0 Å². The molecule has 0 saturated carbocycles. The minimum atomic E-state index is -0.351. The van der Waals surface area contributed by atoms with Crippen LogP contribution in [0.1, 0.15) is 22.5 Å². The number of hydrogen-bond acceptors (Lipinski definition) is 4. The Labute approximate surface area is 195 Å². The number of fused-ring (bicyclic) bond motifs is 1. The summed E-state index contributed by atoms with van der Waals surface area (Å²) >= 11 is 0. The van der Waals surface area contributed by atoms with Crippen molar-refractivity contribution < 1.29 is 9.13 Å².